The van der Waals surface area contributed by atoms with E-state index < -0.39 is 5.79 Å². The van der Waals surface area contributed by atoms with Gasteiger partial charge in [0.15, 0.2) is 5.79 Å². The fourth-order valence-electron chi connectivity index (χ4n) is 2.74. The van der Waals surface area contributed by atoms with E-state index in [0.717, 1.165) is 43.3 Å². The van der Waals surface area contributed by atoms with Crippen LogP contribution in [-0.4, -0.2) is 42.1 Å². The molecule has 2 saturated heterocycles. The van der Waals surface area contributed by atoms with Crippen molar-refractivity contribution in [3.05, 3.63) is 17.5 Å². The van der Waals surface area contributed by atoms with Gasteiger partial charge in [-0.2, -0.15) is 0 Å². The van der Waals surface area contributed by atoms with Crippen LogP contribution in [0.4, 0.5) is 5.95 Å². The second-order valence-corrected chi connectivity index (χ2v) is 5.08. The van der Waals surface area contributed by atoms with Gasteiger partial charge >= 0.3 is 0 Å². The first-order valence-electron chi connectivity index (χ1n) is 6.52. The number of aromatic nitrogens is 2. The van der Waals surface area contributed by atoms with Crippen LogP contribution in [-0.2, 0) is 9.47 Å². The molecule has 5 nitrogen and oxygen atoms in total. The maximum absolute atomic E-state index is 5.77. The number of aryl methyl sites for hydroxylation is 2. The summed E-state index contributed by atoms with van der Waals surface area (Å²) >= 11 is 0. The average molecular weight is 249 g/mol. The van der Waals surface area contributed by atoms with E-state index >= 15 is 0 Å². The zero-order valence-corrected chi connectivity index (χ0v) is 11.0. The number of nitrogens with zero attached hydrogens (tertiary/aromatic N) is 3. The predicted octanol–water partition coefficient (Wildman–Crippen LogP) is 1.44. The Kier molecular flexibility index (Phi) is 2.95. The zero-order chi connectivity index (χ0) is 12.6. The Morgan fingerprint density at radius 3 is 2.50 bits per heavy atom. The molecule has 0 amide bonds. The van der Waals surface area contributed by atoms with Crippen molar-refractivity contribution in [2.45, 2.75) is 32.5 Å². The summed E-state index contributed by atoms with van der Waals surface area (Å²) < 4.78 is 11.5. The van der Waals surface area contributed by atoms with Crippen LogP contribution >= 0.6 is 0 Å². The molecule has 0 saturated carbocycles. The van der Waals surface area contributed by atoms with E-state index in [-0.39, 0.29) is 0 Å². The standard InChI is InChI=1S/C13H19N3O2/c1-10-8-11(2)15-12(14-10)16-5-3-4-13(9-16)17-6-7-18-13/h8H,3-7,9H2,1-2H3. The fourth-order valence-corrected chi connectivity index (χ4v) is 2.74. The second kappa shape index (κ2) is 4.48. The number of piperidine rings is 1. The third-order valence-corrected chi connectivity index (χ3v) is 3.48. The molecule has 0 radical (unpaired) electrons. The average Bonchev–Trinajstić information content (AvgIpc) is 2.76. The molecule has 1 spiro atoms. The van der Waals surface area contributed by atoms with E-state index in [0.29, 0.717) is 13.2 Å². The monoisotopic (exact) mass is 249 g/mol. The van der Waals surface area contributed by atoms with Gasteiger partial charge in [-0.1, -0.05) is 0 Å². The van der Waals surface area contributed by atoms with Crippen LogP contribution in [0.25, 0.3) is 0 Å². The maximum Gasteiger partial charge on any atom is 0.225 e. The van der Waals surface area contributed by atoms with Crippen molar-refractivity contribution in [3.63, 3.8) is 0 Å². The minimum atomic E-state index is -0.417. The zero-order valence-electron chi connectivity index (χ0n) is 11.0. The molecule has 0 N–H and O–H groups in total. The molecule has 2 aliphatic rings. The molecule has 0 aromatic carbocycles. The van der Waals surface area contributed by atoms with Gasteiger partial charge in [0.05, 0.1) is 19.8 Å². The minimum Gasteiger partial charge on any atom is -0.346 e. The number of anilines is 1. The van der Waals surface area contributed by atoms with E-state index in [2.05, 4.69) is 14.9 Å². The Morgan fingerprint density at radius 2 is 1.83 bits per heavy atom. The van der Waals surface area contributed by atoms with Crippen LogP contribution in [0.1, 0.15) is 24.2 Å². The fraction of sp³-hybridized carbons (Fsp3) is 0.692. The summed E-state index contributed by atoms with van der Waals surface area (Å²) in [4.78, 5) is 11.2. The largest absolute Gasteiger partial charge is 0.346 e. The Labute approximate surface area is 107 Å². The smallest absolute Gasteiger partial charge is 0.225 e. The van der Waals surface area contributed by atoms with Crippen molar-refractivity contribution in [1.82, 2.24) is 9.97 Å². The highest BCUT2D eigenvalue weighted by Crippen LogP contribution is 2.31. The number of hydrogen-bond acceptors (Lipinski definition) is 5. The van der Waals surface area contributed by atoms with Crippen molar-refractivity contribution in [2.75, 3.05) is 31.2 Å². The Balaban J connectivity index is 1.83. The Hall–Kier alpha value is -1.20. The molecule has 0 bridgehead atoms. The van der Waals surface area contributed by atoms with E-state index in [1.54, 1.807) is 0 Å². The molecular weight excluding hydrogens is 230 g/mol. The third kappa shape index (κ3) is 2.20. The lowest BCUT2D eigenvalue weighted by atomic mass is 10.1. The van der Waals surface area contributed by atoms with Gasteiger partial charge in [-0.05, 0) is 26.3 Å². The molecule has 98 valence electrons. The first-order valence-corrected chi connectivity index (χ1v) is 6.52. The lowest BCUT2D eigenvalue weighted by Gasteiger charge is -2.38. The molecule has 0 atom stereocenters. The van der Waals surface area contributed by atoms with Gasteiger partial charge in [-0.25, -0.2) is 9.97 Å². The van der Waals surface area contributed by atoms with Gasteiger partial charge in [0.25, 0.3) is 0 Å². The molecular formula is C13H19N3O2. The van der Waals surface area contributed by atoms with Crippen molar-refractivity contribution in [2.24, 2.45) is 0 Å². The molecule has 1 aromatic rings. The van der Waals surface area contributed by atoms with Crippen LogP contribution in [0, 0.1) is 13.8 Å². The lowest BCUT2D eigenvalue weighted by Crippen LogP contribution is -2.49. The number of ether oxygens (including phenoxy) is 2. The molecule has 1 aromatic heterocycles. The molecule has 3 rings (SSSR count). The normalized spacial score (nSPS) is 22.7. The van der Waals surface area contributed by atoms with Crippen molar-refractivity contribution in [1.29, 1.82) is 0 Å². The van der Waals surface area contributed by atoms with E-state index in [4.69, 9.17) is 9.47 Å². The maximum atomic E-state index is 5.77. The number of hydrogen-bond donors (Lipinski definition) is 0. The van der Waals surface area contributed by atoms with Crippen LogP contribution in [0.5, 0.6) is 0 Å². The van der Waals surface area contributed by atoms with E-state index in [1.165, 1.54) is 0 Å². The Bertz CT molecular complexity index is 424. The number of rotatable bonds is 1. The molecule has 18 heavy (non-hydrogen) atoms. The summed E-state index contributed by atoms with van der Waals surface area (Å²) in [5.74, 6) is 0.380. The second-order valence-electron chi connectivity index (χ2n) is 5.08. The topological polar surface area (TPSA) is 47.5 Å². The van der Waals surface area contributed by atoms with Crippen LogP contribution in [0.15, 0.2) is 6.07 Å². The SMILES string of the molecule is Cc1cc(C)nc(N2CCCC3(C2)OCCO3)n1. The van der Waals surface area contributed by atoms with E-state index in [1.807, 2.05) is 19.9 Å². The summed E-state index contributed by atoms with van der Waals surface area (Å²) in [6.45, 7) is 7.09. The summed E-state index contributed by atoms with van der Waals surface area (Å²) in [6.07, 6.45) is 2.02. The van der Waals surface area contributed by atoms with Crippen LogP contribution in [0.2, 0.25) is 0 Å². The first-order chi connectivity index (χ1) is 8.67. The highest BCUT2D eigenvalue weighted by atomic mass is 16.7. The summed E-state index contributed by atoms with van der Waals surface area (Å²) in [6, 6.07) is 1.99. The van der Waals surface area contributed by atoms with Gasteiger partial charge in [0.1, 0.15) is 0 Å². The van der Waals surface area contributed by atoms with Crippen LogP contribution < -0.4 is 4.90 Å². The van der Waals surface area contributed by atoms with Gasteiger partial charge in [0, 0.05) is 24.4 Å². The predicted molar refractivity (Wildman–Crippen MR) is 67.6 cm³/mol. The third-order valence-electron chi connectivity index (χ3n) is 3.48. The molecule has 3 heterocycles. The molecule has 5 heteroatoms. The van der Waals surface area contributed by atoms with Crippen molar-refractivity contribution >= 4 is 5.95 Å². The quantitative estimate of drug-likeness (QED) is 0.753. The molecule has 2 aliphatic heterocycles. The minimum absolute atomic E-state index is 0.417. The highest BCUT2D eigenvalue weighted by molar-refractivity contribution is 5.33. The summed E-state index contributed by atoms with van der Waals surface area (Å²) in [5, 5.41) is 0. The van der Waals surface area contributed by atoms with Crippen molar-refractivity contribution in [3.8, 4) is 0 Å². The van der Waals surface area contributed by atoms with Gasteiger partial charge in [-0.15, -0.1) is 0 Å². The molecule has 0 unspecified atom stereocenters. The molecule has 0 aliphatic carbocycles. The summed E-state index contributed by atoms with van der Waals surface area (Å²) in [7, 11) is 0. The first kappa shape index (κ1) is 11.9. The van der Waals surface area contributed by atoms with Crippen molar-refractivity contribution < 1.29 is 9.47 Å². The van der Waals surface area contributed by atoms with Gasteiger partial charge in [-0.3, -0.25) is 0 Å². The van der Waals surface area contributed by atoms with E-state index in [9.17, 15) is 0 Å². The van der Waals surface area contributed by atoms with Gasteiger partial charge < -0.3 is 14.4 Å². The summed E-state index contributed by atoms with van der Waals surface area (Å²) in [5.41, 5.74) is 2.01. The van der Waals surface area contributed by atoms with Crippen LogP contribution in [0.3, 0.4) is 0 Å². The lowest BCUT2D eigenvalue weighted by molar-refractivity contribution is -0.161. The van der Waals surface area contributed by atoms with Gasteiger partial charge in [0.2, 0.25) is 5.95 Å². The highest BCUT2D eigenvalue weighted by Gasteiger charge is 2.41. The Morgan fingerprint density at radius 1 is 1.17 bits per heavy atom. The molecule has 2 fully saturated rings.